The maximum Gasteiger partial charge on any atom is 0.253 e. The van der Waals surface area contributed by atoms with E-state index in [1.165, 1.54) is 24.0 Å². The van der Waals surface area contributed by atoms with Crippen LogP contribution in [-0.4, -0.2) is 60.4 Å². The minimum Gasteiger partial charge on any atom is -0.354 e. The molecule has 188 valence electrons. The van der Waals surface area contributed by atoms with Gasteiger partial charge in [-0.05, 0) is 53.9 Å². The molecular weight excluding hydrogens is 434 g/mol. The first kappa shape index (κ1) is 25.4. The highest BCUT2D eigenvalue weighted by Crippen LogP contribution is 2.31. The summed E-state index contributed by atoms with van der Waals surface area (Å²) in [6, 6.07) is 18.3. The van der Waals surface area contributed by atoms with Crippen molar-refractivity contribution in [1.82, 2.24) is 15.1 Å². The molecule has 1 N–H and O–H groups in total. The zero-order chi connectivity index (χ0) is 24.8. The van der Waals surface area contributed by atoms with E-state index in [9.17, 15) is 9.59 Å². The molecule has 2 aromatic carbocycles. The summed E-state index contributed by atoms with van der Waals surface area (Å²) in [5.74, 6) is 0.666. The van der Waals surface area contributed by atoms with Gasteiger partial charge in [-0.2, -0.15) is 0 Å². The van der Waals surface area contributed by atoms with Gasteiger partial charge in [-0.3, -0.25) is 14.5 Å². The number of amides is 2. The van der Waals surface area contributed by atoms with Gasteiger partial charge in [0.2, 0.25) is 5.91 Å². The van der Waals surface area contributed by atoms with Gasteiger partial charge < -0.3 is 10.2 Å². The van der Waals surface area contributed by atoms with E-state index in [0.29, 0.717) is 25.6 Å². The van der Waals surface area contributed by atoms with Gasteiger partial charge in [-0.1, -0.05) is 76.1 Å². The third-order valence-electron chi connectivity index (χ3n) is 7.66. The third kappa shape index (κ3) is 6.52. The van der Waals surface area contributed by atoms with Gasteiger partial charge in [0.25, 0.3) is 5.91 Å². The second-order valence-corrected chi connectivity index (χ2v) is 11.2. The molecule has 0 aromatic heterocycles. The normalized spacial score (nSPS) is 18.4. The minimum atomic E-state index is -0.0865. The Morgan fingerprint density at radius 2 is 1.54 bits per heavy atom. The van der Waals surface area contributed by atoms with Crippen LogP contribution >= 0.6 is 0 Å². The SMILES string of the molecule is CC(C)(C)c1ccc(C(=O)N2CCN([C@@H](C(=O)NCCc3ccccc3)C3CCCC3)CC2)cc1. The van der Waals surface area contributed by atoms with Gasteiger partial charge in [0.05, 0.1) is 6.04 Å². The van der Waals surface area contributed by atoms with Gasteiger partial charge >= 0.3 is 0 Å². The van der Waals surface area contributed by atoms with Crippen molar-refractivity contribution in [2.75, 3.05) is 32.7 Å². The zero-order valence-corrected chi connectivity index (χ0v) is 21.6. The molecule has 35 heavy (non-hydrogen) atoms. The van der Waals surface area contributed by atoms with Crippen molar-refractivity contribution >= 4 is 11.8 Å². The Balaban J connectivity index is 1.34. The van der Waals surface area contributed by atoms with E-state index in [0.717, 1.165) is 37.9 Å². The van der Waals surface area contributed by atoms with Crippen LogP contribution in [0.1, 0.15) is 67.9 Å². The lowest BCUT2D eigenvalue weighted by atomic mass is 9.86. The van der Waals surface area contributed by atoms with Crippen LogP contribution in [0.4, 0.5) is 0 Å². The lowest BCUT2D eigenvalue weighted by Crippen LogP contribution is -2.58. The van der Waals surface area contributed by atoms with Crippen LogP contribution in [0.3, 0.4) is 0 Å². The van der Waals surface area contributed by atoms with Crippen LogP contribution in [-0.2, 0) is 16.6 Å². The summed E-state index contributed by atoms with van der Waals surface area (Å²) >= 11 is 0. The molecule has 2 amide bonds. The first-order valence-electron chi connectivity index (χ1n) is 13.3. The fourth-order valence-corrected chi connectivity index (χ4v) is 5.53. The van der Waals surface area contributed by atoms with Crippen LogP contribution in [0.5, 0.6) is 0 Å². The minimum absolute atomic E-state index is 0.0735. The molecule has 1 heterocycles. The van der Waals surface area contributed by atoms with Crippen molar-refractivity contribution in [1.29, 1.82) is 0 Å². The summed E-state index contributed by atoms with van der Waals surface area (Å²) in [7, 11) is 0. The largest absolute Gasteiger partial charge is 0.354 e. The van der Waals surface area contributed by atoms with Crippen molar-refractivity contribution in [3.8, 4) is 0 Å². The van der Waals surface area contributed by atoms with E-state index in [-0.39, 0.29) is 23.3 Å². The maximum atomic E-state index is 13.3. The Morgan fingerprint density at radius 3 is 2.14 bits per heavy atom. The van der Waals surface area contributed by atoms with Crippen molar-refractivity contribution < 1.29 is 9.59 Å². The van der Waals surface area contributed by atoms with Gasteiger partial charge in [-0.25, -0.2) is 0 Å². The highest BCUT2D eigenvalue weighted by molar-refractivity contribution is 5.94. The highest BCUT2D eigenvalue weighted by atomic mass is 16.2. The summed E-state index contributed by atoms with van der Waals surface area (Å²) in [6.07, 6.45) is 5.51. The van der Waals surface area contributed by atoms with Gasteiger partial charge in [0.1, 0.15) is 0 Å². The summed E-state index contributed by atoms with van der Waals surface area (Å²) in [5, 5.41) is 3.22. The summed E-state index contributed by atoms with van der Waals surface area (Å²) in [4.78, 5) is 30.7. The fourth-order valence-electron chi connectivity index (χ4n) is 5.53. The topological polar surface area (TPSA) is 52.7 Å². The monoisotopic (exact) mass is 475 g/mol. The number of hydrogen-bond acceptors (Lipinski definition) is 3. The predicted molar refractivity (Wildman–Crippen MR) is 142 cm³/mol. The van der Waals surface area contributed by atoms with Gasteiger partial charge in [0.15, 0.2) is 0 Å². The zero-order valence-electron chi connectivity index (χ0n) is 21.6. The Morgan fingerprint density at radius 1 is 0.914 bits per heavy atom. The molecule has 0 radical (unpaired) electrons. The average molecular weight is 476 g/mol. The molecule has 0 unspecified atom stereocenters. The lowest BCUT2D eigenvalue weighted by Gasteiger charge is -2.40. The molecule has 0 spiro atoms. The summed E-state index contributed by atoms with van der Waals surface area (Å²) in [6.45, 7) is 10.0. The number of piperazine rings is 1. The maximum absolute atomic E-state index is 13.3. The van der Waals surface area contributed by atoms with Crippen molar-refractivity contribution in [3.63, 3.8) is 0 Å². The number of benzene rings is 2. The van der Waals surface area contributed by atoms with Crippen LogP contribution in [0, 0.1) is 5.92 Å². The number of nitrogens with one attached hydrogen (secondary N) is 1. The van der Waals surface area contributed by atoms with Crippen LogP contribution < -0.4 is 5.32 Å². The molecule has 5 heteroatoms. The Hall–Kier alpha value is -2.66. The average Bonchev–Trinajstić information content (AvgIpc) is 3.39. The summed E-state index contributed by atoms with van der Waals surface area (Å²) < 4.78 is 0. The molecule has 1 aliphatic carbocycles. The quantitative estimate of drug-likeness (QED) is 0.634. The Bertz CT molecular complexity index is 967. The van der Waals surface area contributed by atoms with Crippen LogP contribution in [0.15, 0.2) is 54.6 Å². The standard InChI is InChI=1S/C30H41N3O2/c1-30(2,3)26-15-13-25(14-16-26)29(35)33-21-19-32(20-22-33)27(24-11-7-8-12-24)28(34)31-18-17-23-9-5-4-6-10-23/h4-6,9-10,13-16,24,27H,7-8,11-12,17-22H2,1-3H3,(H,31,34)/t27-/m1/s1. The second-order valence-electron chi connectivity index (χ2n) is 11.2. The number of hydrogen-bond donors (Lipinski definition) is 1. The second kappa shape index (κ2) is 11.4. The predicted octanol–water partition coefficient (Wildman–Crippen LogP) is 4.66. The molecule has 4 rings (SSSR count). The first-order chi connectivity index (χ1) is 16.8. The molecule has 1 saturated carbocycles. The van der Waals surface area contributed by atoms with Gasteiger partial charge in [-0.15, -0.1) is 0 Å². The lowest BCUT2D eigenvalue weighted by molar-refractivity contribution is -0.129. The fraction of sp³-hybridized carbons (Fsp3) is 0.533. The molecule has 5 nitrogen and oxygen atoms in total. The van der Waals surface area contributed by atoms with E-state index < -0.39 is 0 Å². The molecule has 1 atom stereocenters. The van der Waals surface area contributed by atoms with E-state index in [2.05, 4.69) is 55.3 Å². The Labute approximate surface area is 210 Å². The highest BCUT2D eigenvalue weighted by Gasteiger charge is 2.37. The van der Waals surface area contributed by atoms with Crippen molar-refractivity contribution in [2.24, 2.45) is 5.92 Å². The molecule has 2 fully saturated rings. The van der Waals surface area contributed by atoms with Crippen molar-refractivity contribution in [3.05, 3.63) is 71.3 Å². The van der Waals surface area contributed by atoms with Crippen LogP contribution in [0.25, 0.3) is 0 Å². The van der Waals surface area contributed by atoms with Crippen molar-refractivity contribution in [2.45, 2.75) is 64.3 Å². The van der Waals surface area contributed by atoms with Crippen LogP contribution in [0.2, 0.25) is 0 Å². The first-order valence-corrected chi connectivity index (χ1v) is 13.3. The molecule has 2 aliphatic rings. The summed E-state index contributed by atoms with van der Waals surface area (Å²) in [5.41, 5.74) is 3.30. The molecule has 1 saturated heterocycles. The van der Waals surface area contributed by atoms with Gasteiger partial charge in [0, 0.05) is 38.3 Å². The third-order valence-corrected chi connectivity index (χ3v) is 7.66. The number of rotatable bonds is 7. The Kier molecular flexibility index (Phi) is 8.27. The van der Waals surface area contributed by atoms with E-state index in [4.69, 9.17) is 0 Å². The molecule has 2 aromatic rings. The molecule has 0 bridgehead atoms. The number of carbonyl (C=O) groups is 2. The number of carbonyl (C=O) groups excluding carboxylic acids is 2. The number of nitrogens with zero attached hydrogens (tertiary/aromatic N) is 2. The smallest absolute Gasteiger partial charge is 0.253 e. The van der Waals surface area contributed by atoms with E-state index >= 15 is 0 Å². The van der Waals surface area contributed by atoms with E-state index in [1.807, 2.05) is 35.2 Å². The van der Waals surface area contributed by atoms with E-state index in [1.54, 1.807) is 0 Å². The molecular formula is C30H41N3O2. The molecule has 1 aliphatic heterocycles.